The Labute approximate surface area is 137 Å². The first-order valence-electron chi connectivity index (χ1n) is 6.57. The number of carbonyl (C=O) groups excluding carboxylic acids is 1. The van der Waals surface area contributed by atoms with Crippen molar-refractivity contribution in [2.75, 3.05) is 6.61 Å². The molecule has 2 rings (SSSR count). The molecule has 5 nitrogen and oxygen atoms in total. The molecule has 0 aliphatic heterocycles. The van der Waals surface area contributed by atoms with Crippen LogP contribution < -0.4 is 10.2 Å². The van der Waals surface area contributed by atoms with Crippen LogP contribution in [-0.4, -0.2) is 18.7 Å². The molecule has 0 spiro atoms. The number of hydrazone groups is 1. The Kier molecular flexibility index (Phi) is 6.30. The van der Waals surface area contributed by atoms with Gasteiger partial charge in [0, 0.05) is 17.0 Å². The molecule has 0 bridgehead atoms. The summed E-state index contributed by atoms with van der Waals surface area (Å²) in [5.74, 6) is 0.356. The summed E-state index contributed by atoms with van der Waals surface area (Å²) in [7, 11) is 0. The fourth-order valence-electron chi connectivity index (χ4n) is 1.59. The number of carbonyl (C=O) groups is 1. The standard InChI is InChI=1S/C15H14Cl2N2O3/c16-12-3-4-14(13(17)8-12)22-6-1-2-15(20)19-18-9-11-5-7-21-10-11/h3-5,7-10H,1-2,6H2,(H,19,20)/b18-9+. The molecule has 1 N–H and O–H groups in total. The smallest absolute Gasteiger partial charge is 0.240 e. The monoisotopic (exact) mass is 340 g/mol. The molecule has 0 unspecified atom stereocenters. The zero-order valence-electron chi connectivity index (χ0n) is 11.6. The summed E-state index contributed by atoms with van der Waals surface area (Å²) in [4.78, 5) is 11.5. The van der Waals surface area contributed by atoms with Gasteiger partial charge in [-0.25, -0.2) is 5.43 Å². The minimum atomic E-state index is -0.189. The van der Waals surface area contributed by atoms with Gasteiger partial charge in [-0.1, -0.05) is 23.2 Å². The van der Waals surface area contributed by atoms with E-state index >= 15 is 0 Å². The molecular weight excluding hydrogens is 327 g/mol. The van der Waals surface area contributed by atoms with Crippen molar-refractivity contribution in [2.45, 2.75) is 12.8 Å². The Morgan fingerprint density at radius 3 is 2.95 bits per heavy atom. The summed E-state index contributed by atoms with van der Waals surface area (Å²) in [6.45, 7) is 0.375. The lowest BCUT2D eigenvalue weighted by molar-refractivity contribution is -0.121. The second-order valence-electron chi connectivity index (χ2n) is 4.38. The lowest BCUT2D eigenvalue weighted by atomic mass is 10.3. The Morgan fingerprint density at radius 1 is 1.36 bits per heavy atom. The summed E-state index contributed by atoms with van der Waals surface area (Å²) >= 11 is 11.8. The van der Waals surface area contributed by atoms with Crippen LogP contribution in [0.3, 0.4) is 0 Å². The zero-order valence-corrected chi connectivity index (χ0v) is 13.1. The van der Waals surface area contributed by atoms with E-state index in [1.165, 1.54) is 18.7 Å². The van der Waals surface area contributed by atoms with Gasteiger partial charge in [0.15, 0.2) is 0 Å². The fraction of sp³-hybridized carbons (Fsp3) is 0.200. The molecule has 1 amide bonds. The van der Waals surface area contributed by atoms with Crippen molar-refractivity contribution in [3.05, 3.63) is 52.4 Å². The Bertz CT molecular complexity index is 642. The maximum atomic E-state index is 11.5. The second kappa shape index (κ2) is 8.46. The minimum Gasteiger partial charge on any atom is -0.492 e. The van der Waals surface area contributed by atoms with Crippen LogP contribution >= 0.6 is 23.2 Å². The molecule has 0 aliphatic carbocycles. The molecule has 1 heterocycles. The molecule has 22 heavy (non-hydrogen) atoms. The van der Waals surface area contributed by atoms with Gasteiger partial charge < -0.3 is 9.15 Å². The van der Waals surface area contributed by atoms with Gasteiger partial charge in [-0.05, 0) is 30.7 Å². The molecule has 0 atom stereocenters. The molecule has 2 aromatic rings. The third-order valence-electron chi connectivity index (χ3n) is 2.65. The van der Waals surface area contributed by atoms with Crippen LogP contribution in [0.5, 0.6) is 5.75 Å². The molecule has 0 fully saturated rings. The molecular formula is C15H14Cl2N2O3. The number of ether oxygens (including phenoxy) is 1. The summed E-state index contributed by atoms with van der Waals surface area (Å²) < 4.78 is 10.4. The Balaban J connectivity index is 1.64. The number of furan rings is 1. The van der Waals surface area contributed by atoms with Crippen molar-refractivity contribution < 1.29 is 13.9 Å². The third-order valence-corrected chi connectivity index (χ3v) is 3.18. The SMILES string of the molecule is O=C(CCCOc1ccc(Cl)cc1Cl)N/N=C/c1ccoc1. The van der Waals surface area contributed by atoms with Crippen molar-refractivity contribution >= 4 is 35.3 Å². The predicted octanol–water partition coefficient (Wildman–Crippen LogP) is 3.90. The van der Waals surface area contributed by atoms with E-state index in [1.54, 1.807) is 24.3 Å². The average Bonchev–Trinajstić information content (AvgIpc) is 2.99. The van der Waals surface area contributed by atoms with Gasteiger partial charge >= 0.3 is 0 Å². The van der Waals surface area contributed by atoms with Crippen LogP contribution in [0.4, 0.5) is 0 Å². The molecule has 0 saturated carbocycles. The average molecular weight is 341 g/mol. The highest BCUT2D eigenvalue weighted by atomic mass is 35.5. The first-order chi connectivity index (χ1) is 10.6. The highest BCUT2D eigenvalue weighted by Gasteiger charge is 2.04. The number of hydrogen-bond acceptors (Lipinski definition) is 4. The van der Waals surface area contributed by atoms with E-state index in [0.29, 0.717) is 35.2 Å². The number of benzene rings is 1. The topological polar surface area (TPSA) is 63.8 Å². The van der Waals surface area contributed by atoms with Gasteiger partial charge in [-0.15, -0.1) is 0 Å². The van der Waals surface area contributed by atoms with E-state index in [2.05, 4.69) is 10.5 Å². The van der Waals surface area contributed by atoms with Crippen molar-refractivity contribution in [1.29, 1.82) is 0 Å². The number of hydrogen-bond donors (Lipinski definition) is 1. The van der Waals surface area contributed by atoms with Gasteiger partial charge in [0.1, 0.15) is 5.75 Å². The van der Waals surface area contributed by atoms with Gasteiger partial charge in [0.25, 0.3) is 0 Å². The Morgan fingerprint density at radius 2 is 2.23 bits per heavy atom. The van der Waals surface area contributed by atoms with Crippen LogP contribution in [0, 0.1) is 0 Å². The van der Waals surface area contributed by atoms with Gasteiger partial charge in [0.2, 0.25) is 5.91 Å². The normalized spacial score (nSPS) is 10.8. The molecule has 0 saturated heterocycles. The van der Waals surface area contributed by atoms with Crippen LogP contribution in [0.1, 0.15) is 18.4 Å². The number of nitrogens with zero attached hydrogens (tertiary/aromatic N) is 1. The molecule has 1 aromatic heterocycles. The summed E-state index contributed by atoms with van der Waals surface area (Å²) in [5.41, 5.74) is 3.21. The largest absolute Gasteiger partial charge is 0.492 e. The lowest BCUT2D eigenvalue weighted by Gasteiger charge is -2.07. The van der Waals surface area contributed by atoms with Gasteiger partial charge in [-0.2, -0.15) is 5.10 Å². The van der Waals surface area contributed by atoms with E-state index < -0.39 is 0 Å². The quantitative estimate of drug-likeness (QED) is 0.472. The van der Waals surface area contributed by atoms with E-state index in [4.69, 9.17) is 32.4 Å². The summed E-state index contributed by atoms with van der Waals surface area (Å²) in [5, 5.41) is 4.81. The van der Waals surface area contributed by atoms with E-state index in [1.807, 2.05) is 0 Å². The molecule has 0 aliphatic rings. The number of amides is 1. The highest BCUT2D eigenvalue weighted by Crippen LogP contribution is 2.27. The van der Waals surface area contributed by atoms with Crippen LogP contribution in [0.25, 0.3) is 0 Å². The number of halogens is 2. The number of rotatable bonds is 7. The van der Waals surface area contributed by atoms with Gasteiger partial charge in [-0.3, -0.25) is 4.79 Å². The predicted molar refractivity (Wildman–Crippen MR) is 85.6 cm³/mol. The Hall–Kier alpha value is -1.98. The van der Waals surface area contributed by atoms with Crippen molar-refractivity contribution in [3.63, 3.8) is 0 Å². The second-order valence-corrected chi connectivity index (χ2v) is 5.22. The van der Waals surface area contributed by atoms with Crippen LogP contribution in [0.15, 0.2) is 46.3 Å². The van der Waals surface area contributed by atoms with Crippen molar-refractivity contribution in [2.24, 2.45) is 5.10 Å². The van der Waals surface area contributed by atoms with Crippen molar-refractivity contribution in [1.82, 2.24) is 5.43 Å². The van der Waals surface area contributed by atoms with Crippen molar-refractivity contribution in [3.8, 4) is 5.75 Å². The minimum absolute atomic E-state index is 0.189. The molecule has 0 radical (unpaired) electrons. The van der Waals surface area contributed by atoms with E-state index in [9.17, 15) is 4.79 Å². The third kappa shape index (κ3) is 5.42. The van der Waals surface area contributed by atoms with Crippen LogP contribution in [-0.2, 0) is 4.79 Å². The van der Waals surface area contributed by atoms with Crippen LogP contribution in [0.2, 0.25) is 10.0 Å². The summed E-state index contributed by atoms with van der Waals surface area (Å²) in [6.07, 6.45) is 5.41. The number of nitrogens with one attached hydrogen (secondary N) is 1. The summed E-state index contributed by atoms with van der Waals surface area (Å²) in [6, 6.07) is 6.73. The first kappa shape index (κ1) is 16.4. The molecule has 1 aromatic carbocycles. The van der Waals surface area contributed by atoms with E-state index in [-0.39, 0.29) is 5.91 Å². The van der Waals surface area contributed by atoms with E-state index in [0.717, 1.165) is 5.56 Å². The highest BCUT2D eigenvalue weighted by molar-refractivity contribution is 6.35. The first-order valence-corrected chi connectivity index (χ1v) is 7.32. The fourth-order valence-corrected chi connectivity index (χ4v) is 2.05. The maximum absolute atomic E-state index is 11.5. The molecule has 116 valence electrons. The lowest BCUT2D eigenvalue weighted by Crippen LogP contribution is -2.18. The zero-order chi connectivity index (χ0) is 15.8. The maximum Gasteiger partial charge on any atom is 0.240 e. The molecule has 7 heteroatoms. The van der Waals surface area contributed by atoms with Gasteiger partial charge in [0.05, 0.1) is 30.4 Å².